The monoisotopic (exact) mass is 463 g/mol. The quantitative estimate of drug-likeness (QED) is 0.525. The number of rotatable bonds is 2. The van der Waals surface area contributed by atoms with Gasteiger partial charge in [0, 0.05) is 32.4 Å². The number of aromatic nitrogens is 3. The zero-order chi connectivity index (χ0) is 22.6. The van der Waals surface area contributed by atoms with Gasteiger partial charge in [-0.1, -0.05) is 11.6 Å². The highest BCUT2D eigenvalue weighted by Crippen LogP contribution is 2.35. The molecule has 0 unspecified atom stereocenters. The van der Waals surface area contributed by atoms with Crippen molar-refractivity contribution in [3.63, 3.8) is 0 Å². The predicted molar refractivity (Wildman–Crippen MR) is 105 cm³/mol. The number of benzene rings is 1. The normalized spacial score (nSPS) is 15.7. The molecule has 2 aromatic heterocycles. The topological polar surface area (TPSA) is 48.1 Å². The summed E-state index contributed by atoms with van der Waals surface area (Å²) in [5.74, 6) is 0.850. The second-order valence-corrected chi connectivity index (χ2v) is 7.66. The van der Waals surface area contributed by atoms with Crippen LogP contribution in [0.3, 0.4) is 0 Å². The summed E-state index contributed by atoms with van der Waals surface area (Å²) in [7, 11) is 0. The molecule has 1 aliphatic rings. The highest BCUT2D eigenvalue weighted by molar-refractivity contribution is 6.35. The van der Waals surface area contributed by atoms with E-state index in [1.807, 2.05) is 9.80 Å². The number of imidazole rings is 1. The molecule has 0 spiro atoms. The number of alkyl halides is 6. The third-order valence-electron chi connectivity index (χ3n) is 5.11. The number of anilines is 2. The van der Waals surface area contributed by atoms with Gasteiger partial charge in [-0.05, 0) is 30.7 Å². The van der Waals surface area contributed by atoms with Crippen molar-refractivity contribution < 1.29 is 26.3 Å². The molecule has 0 atom stereocenters. The number of aryl methyl sites for hydroxylation is 1. The molecule has 0 bridgehead atoms. The fourth-order valence-electron chi connectivity index (χ4n) is 3.56. The lowest BCUT2D eigenvalue weighted by Crippen LogP contribution is -2.47. The van der Waals surface area contributed by atoms with Crippen LogP contribution in [-0.2, 0) is 12.4 Å². The molecule has 4 rings (SSSR count). The van der Waals surface area contributed by atoms with E-state index in [2.05, 4.69) is 15.0 Å². The minimum absolute atomic E-state index is 0.101. The lowest BCUT2D eigenvalue weighted by atomic mass is 10.2. The minimum Gasteiger partial charge on any atom is -0.353 e. The van der Waals surface area contributed by atoms with Gasteiger partial charge >= 0.3 is 12.4 Å². The van der Waals surface area contributed by atoms with E-state index < -0.39 is 23.5 Å². The van der Waals surface area contributed by atoms with Gasteiger partial charge in [0.05, 0.1) is 21.7 Å². The second kappa shape index (κ2) is 7.47. The molecule has 1 aromatic carbocycles. The zero-order valence-electron chi connectivity index (χ0n) is 16.1. The molecule has 1 N–H and O–H groups in total. The SMILES string of the molecule is Cc1cc(C(F)(F)F)cnc1N1CCN(c2nc3c(Cl)cc(C(F)(F)F)cc3[nH]2)CC1. The highest BCUT2D eigenvalue weighted by Gasteiger charge is 2.33. The number of nitrogens with one attached hydrogen (secondary N) is 1. The summed E-state index contributed by atoms with van der Waals surface area (Å²) in [4.78, 5) is 14.9. The fraction of sp³-hybridized carbons (Fsp3) is 0.368. The number of piperazine rings is 1. The lowest BCUT2D eigenvalue weighted by Gasteiger charge is -2.36. The minimum atomic E-state index is -4.53. The summed E-state index contributed by atoms with van der Waals surface area (Å²) < 4.78 is 77.6. The summed E-state index contributed by atoms with van der Waals surface area (Å²) in [6, 6.07) is 2.86. The maximum atomic E-state index is 13.0. The number of nitrogens with zero attached hydrogens (tertiary/aromatic N) is 4. The van der Waals surface area contributed by atoms with Crippen molar-refractivity contribution in [1.82, 2.24) is 15.0 Å². The first-order chi connectivity index (χ1) is 14.4. The van der Waals surface area contributed by atoms with Crippen molar-refractivity contribution >= 4 is 34.4 Å². The Bertz CT molecular complexity index is 1120. The van der Waals surface area contributed by atoms with E-state index in [1.54, 1.807) is 6.92 Å². The number of hydrogen-bond donors (Lipinski definition) is 1. The molecule has 0 aliphatic carbocycles. The fourth-order valence-corrected chi connectivity index (χ4v) is 3.82. The average molecular weight is 464 g/mol. The van der Waals surface area contributed by atoms with E-state index in [0.29, 0.717) is 43.5 Å². The smallest absolute Gasteiger partial charge is 0.353 e. The Balaban J connectivity index is 1.51. The Hall–Kier alpha value is -2.69. The van der Waals surface area contributed by atoms with E-state index >= 15 is 0 Å². The Labute approximate surface area is 177 Å². The van der Waals surface area contributed by atoms with Crippen LogP contribution < -0.4 is 9.80 Å². The average Bonchev–Trinajstić information content (AvgIpc) is 3.12. The van der Waals surface area contributed by atoms with Crippen molar-refractivity contribution in [1.29, 1.82) is 0 Å². The number of halogens is 7. The Morgan fingerprint density at radius 1 is 0.903 bits per heavy atom. The molecular formula is C19H16ClF6N5. The van der Waals surface area contributed by atoms with Gasteiger partial charge in [-0.2, -0.15) is 26.3 Å². The maximum absolute atomic E-state index is 13.0. The van der Waals surface area contributed by atoms with Crippen molar-refractivity contribution in [2.45, 2.75) is 19.3 Å². The second-order valence-electron chi connectivity index (χ2n) is 7.25. The molecule has 3 aromatic rings. The van der Waals surface area contributed by atoms with Crippen molar-refractivity contribution in [2.24, 2.45) is 0 Å². The molecule has 166 valence electrons. The van der Waals surface area contributed by atoms with Gasteiger partial charge in [-0.3, -0.25) is 0 Å². The first-order valence-corrected chi connectivity index (χ1v) is 9.61. The summed E-state index contributed by atoms with van der Waals surface area (Å²) >= 11 is 5.99. The number of hydrogen-bond acceptors (Lipinski definition) is 4. The molecule has 0 radical (unpaired) electrons. The van der Waals surface area contributed by atoms with Crippen LogP contribution in [0.5, 0.6) is 0 Å². The summed E-state index contributed by atoms with van der Waals surface area (Å²) in [6.45, 7) is 3.39. The number of pyridine rings is 1. The van der Waals surface area contributed by atoms with Crippen LogP contribution in [0.15, 0.2) is 24.4 Å². The van der Waals surface area contributed by atoms with E-state index in [0.717, 1.165) is 24.4 Å². The van der Waals surface area contributed by atoms with Crippen LogP contribution in [0.4, 0.5) is 38.1 Å². The van der Waals surface area contributed by atoms with Crippen LogP contribution in [0.25, 0.3) is 11.0 Å². The molecule has 0 amide bonds. The molecule has 0 saturated carbocycles. The van der Waals surface area contributed by atoms with Gasteiger partial charge in [0.15, 0.2) is 0 Å². The largest absolute Gasteiger partial charge is 0.417 e. The van der Waals surface area contributed by atoms with E-state index in [9.17, 15) is 26.3 Å². The first-order valence-electron chi connectivity index (χ1n) is 9.23. The van der Waals surface area contributed by atoms with Gasteiger partial charge in [-0.25, -0.2) is 9.97 Å². The van der Waals surface area contributed by atoms with E-state index in [4.69, 9.17) is 11.6 Å². The molecule has 5 nitrogen and oxygen atoms in total. The molecule has 3 heterocycles. The molecule has 1 fully saturated rings. The van der Waals surface area contributed by atoms with E-state index in [-0.39, 0.29) is 16.1 Å². The number of aromatic amines is 1. The van der Waals surface area contributed by atoms with Crippen LogP contribution in [0.1, 0.15) is 16.7 Å². The standard InChI is InChI=1S/C19H16ClF6N5/c1-10-6-12(19(24,25)26)9-27-16(10)30-2-4-31(5-3-30)17-28-14-8-11(18(21,22)23)7-13(20)15(14)29-17/h6-9H,2-5H2,1H3,(H,28,29). The Morgan fingerprint density at radius 2 is 1.52 bits per heavy atom. The van der Waals surface area contributed by atoms with Gasteiger partial charge in [0.25, 0.3) is 0 Å². The van der Waals surface area contributed by atoms with Crippen molar-refractivity contribution in [3.05, 3.63) is 46.1 Å². The molecule has 12 heteroatoms. The van der Waals surface area contributed by atoms with Crippen LogP contribution in [0.2, 0.25) is 5.02 Å². The van der Waals surface area contributed by atoms with Gasteiger partial charge in [0.2, 0.25) is 5.95 Å². The zero-order valence-corrected chi connectivity index (χ0v) is 16.8. The number of H-pyrrole nitrogens is 1. The van der Waals surface area contributed by atoms with Crippen LogP contribution in [0, 0.1) is 6.92 Å². The Morgan fingerprint density at radius 3 is 2.10 bits per heavy atom. The molecule has 1 aliphatic heterocycles. The number of fused-ring (bicyclic) bond motifs is 1. The third kappa shape index (κ3) is 4.23. The van der Waals surface area contributed by atoms with Gasteiger partial charge in [0.1, 0.15) is 11.3 Å². The van der Waals surface area contributed by atoms with Crippen molar-refractivity contribution in [3.8, 4) is 0 Å². The predicted octanol–water partition coefficient (Wildman–Crippen LogP) is 5.28. The summed E-state index contributed by atoms with van der Waals surface area (Å²) in [5.41, 5.74) is -0.832. The third-order valence-corrected chi connectivity index (χ3v) is 5.40. The summed E-state index contributed by atoms with van der Waals surface area (Å²) in [5, 5.41) is -0.101. The molecular weight excluding hydrogens is 448 g/mol. The van der Waals surface area contributed by atoms with Gasteiger partial charge in [-0.15, -0.1) is 0 Å². The molecule has 1 saturated heterocycles. The summed E-state index contributed by atoms with van der Waals surface area (Å²) in [6.07, 6.45) is -8.17. The lowest BCUT2D eigenvalue weighted by molar-refractivity contribution is -0.138. The van der Waals surface area contributed by atoms with Crippen LogP contribution >= 0.6 is 11.6 Å². The first kappa shape index (κ1) is 21.5. The Kier molecular flexibility index (Phi) is 5.19. The van der Waals surface area contributed by atoms with Crippen molar-refractivity contribution in [2.75, 3.05) is 36.0 Å². The van der Waals surface area contributed by atoms with Crippen LogP contribution in [-0.4, -0.2) is 41.1 Å². The van der Waals surface area contributed by atoms with E-state index in [1.165, 1.54) is 0 Å². The van der Waals surface area contributed by atoms with Gasteiger partial charge < -0.3 is 14.8 Å². The maximum Gasteiger partial charge on any atom is 0.417 e. The highest BCUT2D eigenvalue weighted by atomic mass is 35.5. The molecule has 31 heavy (non-hydrogen) atoms.